The van der Waals surface area contributed by atoms with Gasteiger partial charge in [0, 0.05) is 39.3 Å². The van der Waals surface area contributed by atoms with Crippen LogP contribution in [0.2, 0.25) is 0 Å². The molecule has 0 saturated carbocycles. The third kappa shape index (κ3) is 5.86. The van der Waals surface area contributed by atoms with E-state index in [4.69, 9.17) is 13.9 Å². The Kier molecular flexibility index (Phi) is 6.89. The topological polar surface area (TPSA) is 80.1 Å². The Morgan fingerprint density at radius 3 is 2.55 bits per heavy atom. The van der Waals surface area contributed by atoms with Gasteiger partial charge < -0.3 is 19.2 Å². The summed E-state index contributed by atoms with van der Waals surface area (Å²) in [6, 6.07) is 10.5. The van der Waals surface area contributed by atoms with E-state index in [9.17, 15) is 4.79 Å². The number of piperazine rings is 1. The van der Waals surface area contributed by atoms with Crippen LogP contribution in [0, 0.1) is 0 Å². The van der Waals surface area contributed by atoms with Gasteiger partial charge in [-0.25, -0.2) is 4.98 Å². The van der Waals surface area contributed by atoms with Crippen molar-refractivity contribution in [1.29, 1.82) is 0 Å². The number of nitrogens with zero attached hydrogens (tertiary/aromatic N) is 3. The molecule has 8 nitrogen and oxygen atoms in total. The van der Waals surface area contributed by atoms with Crippen LogP contribution in [-0.4, -0.2) is 79.3 Å². The molecule has 156 valence electrons. The SMILES string of the molecule is O=C(NCC1COCCO1)c1coc(CN2CCN(Cc3ccccc3)CC2)n1. The van der Waals surface area contributed by atoms with Crippen LogP contribution >= 0.6 is 0 Å². The molecule has 3 heterocycles. The number of ether oxygens (including phenoxy) is 2. The molecule has 0 spiro atoms. The number of carbonyl (C=O) groups excluding carboxylic acids is 1. The molecule has 0 bridgehead atoms. The molecule has 2 aromatic rings. The Balaban J connectivity index is 1.19. The fourth-order valence-electron chi connectivity index (χ4n) is 3.58. The normalized spacial score (nSPS) is 21.2. The minimum Gasteiger partial charge on any atom is -0.447 e. The van der Waals surface area contributed by atoms with Gasteiger partial charge in [-0.1, -0.05) is 30.3 Å². The van der Waals surface area contributed by atoms with Gasteiger partial charge in [-0.15, -0.1) is 0 Å². The molecule has 4 rings (SSSR count). The Hall–Kier alpha value is -2.26. The molecule has 8 heteroatoms. The average molecular weight is 400 g/mol. The predicted molar refractivity (Wildman–Crippen MR) is 106 cm³/mol. The van der Waals surface area contributed by atoms with Crippen molar-refractivity contribution in [3.05, 3.63) is 53.7 Å². The zero-order chi connectivity index (χ0) is 19.9. The lowest BCUT2D eigenvalue weighted by molar-refractivity contribution is -0.0855. The molecule has 1 atom stereocenters. The van der Waals surface area contributed by atoms with Crippen molar-refractivity contribution in [3.63, 3.8) is 0 Å². The molecule has 0 radical (unpaired) electrons. The van der Waals surface area contributed by atoms with E-state index in [2.05, 4.69) is 44.4 Å². The van der Waals surface area contributed by atoms with E-state index in [1.165, 1.54) is 11.8 Å². The first-order chi connectivity index (χ1) is 14.3. The van der Waals surface area contributed by atoms with E-state index in [1.807, 2.05) is 6.07 Å². The molecule has 0 aliphatic carbocycles. The summed E-state index contributed by atoms with van der Waals surface area (Å²) in [4.78, 5) is 21.4. The van der Waals surface area contributed by atoms with Gasteiger partial charge in [0.2, 0.25) is 5.89 Å². The summed E-state index contributed by atoms with van der Waals surface area (Å²) >= 11 is 0. The van der Waals surface area contributed by atoms with E-state index in [-0.39, 0.29) is 12.0 Å². The van der Waals surface area contributed by atoms with Crippen LogP contribution in [0.5, 0.6) is 0 Å². The first-order valence-corrected chi connectivity index (χ1v) is 10.2. The van der Waals surface area contributed by atoms with Gasteiger partial charge in [-0.2, -0.15) is 0 Å². The number of hydrogen-bond donors (Lipinski definition) is 1. The van der Waals surface area contributed by atoms with Gasteiger partial charge in [0.05, 0.1) is 32.5 Å². The van der Waals surface area contributed by atoms with E-state index in [0.29, 0.717) is 44.5 Å². The molecule has 1 unspecified atom stereocenters. The molecule has 29 heavy (non-hydrogen) atoms. The molecule has 2 aliphatic rings. The van der Waals surface area contributed by atoms with Crippen molar-refractivity contribution < 1.29 is 18.7 Å². The fourth-order valence-corrected chi connectivity index (χ4v) is 3.58. The van der Waals surface area contributed by atoms with E-state index >= 15 is 0 Å². The van der Waals surface area contributed by atoms with Gasteiger partial charge in [0.25, 0.3) is 5.91 Å². The summed E-state index contributed by atoms with van der Waals surface area (Å²) in [5.74, 6) is 0.325. The number of oxazole rings is 1. The summed E-state index contributed by atoms with van der Waals surface area (Å²) in [6.07, 6.45) is 1.32. The Morgan fingerprint density at radius 1 is 1.07 bits per heavy atom. The highest BCUT2D eigenvalue weighted by molar-refractivity contribution is 5.91. The van der Waals surface area contributed by atoms with E-state index < -0.39 is 0 Å². The Morgan fingerprint density at radius 2 is 1.83 bits per heavy atom. The quantitative estimate of drug-likeness (QED) is 0.746. The minimum absolute atomic E-state index is 0.105. The number of amides is 1. The van der Waals surface area contributed by atoms with Gasteiger partial charge in [-0.05, 0) is 5.56 Å². The zero-order valence-electron chi connectivity index (χ0n) is 16.6. The first kappa shape index (κ1) is 20.0. The second kappa shape index (κ2) is 9.98. The largest absolute Gasteiger partial charge is 0.447 e. The van der Waals surface area contributed by atoms with Crippen LogP contribution in [-0.2, 0) is 22.6 Å². The van der Waals surface area contributed by atoms with Crippen LogP contribution in [0.25, 0.3) is 0 Å². The highest BCUT2D eigenvalue weighted by atomic mass is 16.6. The summed E-state index contributed by atoms with van der Waals surface area (Å²) in [7, 11) is 0. The van der Waals surface area contributed by atoms with Crippen LogP contribution in [0.1, 0.15) is 21.9 Å². The first-order valence-electron chi connectivity index (χ1n) is 10.2. The molecule has 2 aliphatic heterocycles. The maximum atomic E-state index is 12.3. The summed E-state index contributed by atoms with van der Waals surface area (Å²) in [5, 5.41) is 2.83. The highest BCUT2D eigenvalue weighted by Crippen LogP contribution is 2.12. The molecule has 1 aromatic heterocycles. The van der Waals surface area contributed by atoms with Gasteiger partial charge in [0.15, 0.2) is 5.69 Å². The number of aromatic nitrogens is 1. The van der Waals surface area contributed by atoms with Crippen molar-refractivity contribution in [2.45, 2.75) is 19.2 Å². The molecular weight excluding hydrogens is 372 g/mol. The smallest absolute Gasteiger partial charge is 0.273 e. The average Bonchev–Trinajstić information content (AvgIpc) is 3.23. The van der Waals surface area contributed by atoms with Crippen LogP contribution < -0.4 is 5.32 Å². The molecule has 1 N–H and O–H groups in total. The monoisotopic (exact) mass is 400 g/mol. The molecule has 1 amide bonds. The summed E-state index contributed by atoms with van der Waals surface area (Å²) in [5.41, 5.74) is 1.65. The van der Waals surface area contributed by atoms with Gasteiger partial charge in [0.1, 0.15) is 6.26 Å². The lowest BCUT2D eigenvalue weighted by Crippen LogP contribution is -2.45. The number of hydrogen-bond acceptors (Lipinski definition) is 7. The van der Waals surface area contributed by atoms with Crippen molar-refractivity contribution in [3.8, 4) is 0 Å². The number of nitrogens with one attached hydrogen (secondary N) is 1. The van der Waals surface area contributed by atoms with Crippen molar-refractivity contribution >= 4 is 5.91 Å². The third-order valence-corrected chi connectivity index (χ3v) is 5.23. The number of rotatable bonds is 7. The third-order valence-electron chi connectivity index (χ3n) is 5.23. The lowest BCUT2D eigenvalue weighted by Gasteiger charge is -2.34. The molecule has 2 fully saturated rings. The highest BCUT2D eigenvalue weighted by Gasteiger charge is 2.21. The molecule has 2 saturated heterocycles. The molecular formula is C21H28N4O4. The summed E-state index contributed by atoms with van der Waals surface area (Å²) < 4.78 is 16.4. The second-order valence-corrected chi connectivity index (χ2v) is 7.44. The molecule has 1 aromatic carbocycles. The Labute approximate surface area is 170 Å². The van der Waals surface area contributed by atoms with Crippen LogP contribution in [0.15, 0.2) is 41.0 Å². The van der Waals surface area contributed by atoms with Crippen LogP contribution in [0.3, 0.4) is 0 Å². The van der Waals surface area contributed by atoms with E-state index in [1.54, 1.807) is 0 Å². The van der Waals surface area contributed by atoms with Crippen molar-refractivity contribution in [1.82, 2.24) is 20.1 Å². The van der Waals surface area contributed by atoms with Crippen LogP contribution in [0.4, 0.5) is 0 Å². The second-order valence-electron chi connectivity index (χ2n) is 7.44. The fraction of sp³-hybridized carbons (Fsp3) is 0.524. The maximum Gasteiger partial charge on any atom is 0.273 e. The number of carbonyl (C=O) groups is 1. The lowest BCUT2D eigenvalue weighted by atomic mass is 10.2. The summed E-state index contributed by atoms with van der Waals surface area (Å²) in [6.45, 7) is 7.60. The number of benzene rings is 1. The minimum atomic E-state index is -0.248. The van der Waals surface area contributed by atoms with Crippen molar-refractivity contribution in [2.24, 2.45) is 0 Å². The zero-order valence-corrected chi connectivity index (χ0v) is 16.6. The van der Waals surface area contributed by atoms with Crippen molar-refractivity contribution in [2.75, 3.05) is 52.5 Å². The Bertz CT molecular complexity index is 768. The van der Waals surface area contributed by atoms with Gasteiger partial charge in [-0.3, -0.25) is 14.6 Å². The van der Waals surface area contributed by atoms with Gasteiger partial charge >= 0.3 is 0 Å². The standard InChI is InChI=1S/C21H28N4O4/c26-21(22-12-18-15-27-10-11-28-18)19-16-29-20(23-19)14-25-8-6-24(7-9-25)13-17-4-2-1-3-5-17/h1-5,16,18H,6-15H2,(H,22,26). The van der Waals surface area contributed by atoms with E-state index in [0.717, 1.165) is 32.7 Å². The predicted octanol–water partition coefficient (Wildman–Crippen LogP) is 1.14. The maximum absolute atomic E-state index is 12.3.